The highest BCUT2D eigenvalue weighted by molar-refractivity contribution is 6.05. The van der Waals surface area contributed by atoms with Crippen molar-refractivity contribution in [2.24, 2.45) is 0 Å². The number of benzene rings is 2. The number of esters is 2. The van der Waals surface area contributed by atoms with Crippen LogP contribution in [0.5, 0.6) is 0 Å². The molecule has 1 heterocycles. The number of methoxy groups -OCH3 is 1. The maximum absolute atomic E-state index is 13.2. The predicted octanol–water partition coefficient (Wildman–Crippen LogP) is 2.49. The number of rotatable bonds is 6. The van der Waals surface area contributed by atoms with Crippen molar-refractivity contribution < 1.29 is 28.2 Å². The molecule has 0 radical (unpaired) electrons. The van der Waals surface area contributed by atoms with Gasteiger partial charge in [0, 0.05) is 10.9 Å². The number of aromatic nitrogens is 1. The van der Waals surface area contributed by atoms with E-state index in [4.69, 9.17) is 4.74 Å². The summed E-state index contributed by atoms with van der Waals surface area (Å²) in [5.74, 6) is -2.36. The van der Waals surface area contributed by atoms with E-state index in [9.17, 15) is 18.8 Å². The van der Waals surface area contributed by atoms with Crippen molar-refractivity contribution in [1.82, 2.24) is 10.3 Å². The molecule has 0 aliphatic rings. The molecule has 0 spiro atoms. The fourth-order valence-corrected chi connectivity index (χ4v) is 2.62. The maximum atomic E-state index is 13.2. The highest BCUT2D eigenvalue weighted by atomic mass is 19.1. The van der Waals surface area contributed by atoms with Crippen LogP contribution in [-0.2, 0) is 19.1 Å². The van der Waals surface area contributed by atoms with Crippen LogP contribution in [0.1, 0.15) is 10.4 Å². The molecule has 0 saturated heterocycles. The second kappa shape index (κ2) is 8.92. The standard InChI is InChI=1S/C21H17FN2O5/c1-28-20(26)11-23-19(25)12-29-21(27)16-10-18(13-6-8-14(22)9-7-13)24-17-5-3-2-4-15(16)17/h2-10H,11-12H2,1H3,(H,23,25). The number of pyridine rings is 1. The molecule has 7 nitrogen and oxygen atoms in total. The minimum atomic E-state index is -0.722. The molecule has 3 aromatic rings. The quantitative estimate of drug-likeness (QED) is 0.644. The lowest BCUT2D eigenvalue weighted by Gasteiger charge is -2.10. The van der Waals surface area contributed by atoms with Crippen LogP contribution in [0.3, 0.4) is 0 Å². The third kappa shape index (κ3) is 4.92. The van der Waals surface area contributed by atoms with E-state index in [1.807, 2.05) is 0 Å². The molecule has 0 saturated carbocycles. The first kappa shape index (κ1) is 19.9. The van der Waals surface area contributed by atoms with E-state index < -0.39 is 24.5 Å². The summed E-state index contributed by atoms with van der Waals surface area (Å²) in [6, 6.07) is 14.2. The molecule has 3 rings (SSSR count). The fourth-order valence-electron chi connectivity index (χ4n) is 2.62. The normalized spacial score (nSPS) is 10.4. The Morgan fingerprint density at radius 3 is 2.52 bits per heavy atom. The molecule has 8 heteroatoms. The van der Waals surface area contributed by atoms with Crippen molar-refractivity contribution in [3.63, 3.8) is 0 Å². The minimum Gasteiger partial charge on any atom is -0.468 e. The summed E-state index contributed by atoms with van der Waals surface area (Å²) in [6.45, 7) is -0.877. The van der Waals surface area contributed by atoms with Crippen molar-refractivity contribution in [2.45, 2.75) is 0 Å². The number of carbonyl (C=O) groups is 3. The van der Waals surface area contributed by atoms with Crippen LogP contribution < -0.4 is 5.32 Å². The number of hydrogen-bond donors (Lipinski definition) is 1. The zero-order chi connectivity index (χ0) is 20.8. The average molecular weight is 396 g/mol. The van der Waals surface area contributed by atoms with Gasteiger partial charge in [0.05, 0.1) is 23.9 Å². The number of halogens is 1. The van der Waals surface area contributed by atoms with Crippen molar-refractivity contribution in [3.8, 4) is 11.3 Å². The zero-order valence-corrected chi connectivity index (χ0v) is 15.5. The van der Waals surface area contributed by atoms with Gasteiger partial charge in [-0.1, -0.05) is 18.2 Å². The SMILES string of the molecule is COC(=O)CNC(=O)COC(=O)c1cc(-c2ccc(F)cc2)nc2ccccc12. The smallest absolute Gasteiger partial charge is 0.339 e. The number of nitrogens with one attached hydrogen (secondary N) is 1. The van der Waals surface area contributed by atoms with Crippen molar-refractivity contribution >= 4 is 28.7 Å². The Hall–Kier alpha value is -3.81. The summed E-state index contributed by atoms with van der Waals surface area (Å²) < 4.78 is 22.7. The molecule has 0 atom stereocenters. The van der Waals surface area contributed by atoms with Crippen LogP contribution in [0.4, 0.5) is 4.39 Å². The van der Waals surface area contributed by atoms with E-state index in [-0.39, 0.29) is 17.9 Å². The van der Waals surface area contributed by atoms with Gasteiger partial charge in [-0.25, -0.2) is 14.2 Å². The van der Waals surface area contributed by atoms with Gasteiger partial charge >= 0.3 is 11.9 Å². The topological polar surface area (TPSA) is 94.6 Å². The summed E-state index contributed by atoms with van der Waals surface area (Å²) >= 11 is 0. The summed E-state index contributed by atoms with van der Waals surface area (Å²) in [6.07, 6.45) is 0. The summed E-state index contributed by atoms with van der Waals surface area (Å²) in [5, 5.41) is 2.84. The highest BCUT2D eigenvalue weighted by Crippen LogP contribution is 2.25. The van der Waals surface area contributed by atoms with E-state index in [1.165, 1.54) is 25.3 Å². The molecule has 148 valence electrons. The van der Waals surface area contributed by atoms with E-state index in [0.29, 0.717) is 22.2 Å². The Kier molecular flexibility index (Phi) is 6.13. The Morgan fingerprint density at radius 1 is 1.07 bits per heavy atom. The molecule has 0 unspecified atom stereocenters. The fraction of sp³-hybridized carbons (Fsp3) is 0.143. The van der Waals surface area contributed by atoms with Gasteiger partial charge < -0.3 is 14.8 Å². The molecule has 0 aliphatic heterocycles. The van der Waals surface area contributed by atoms with E-state index >= 15 is 0 Å². The second-order valence-electron chi connectivity index (χ2n) is 6.01. The van der Waals surface area contributed by atoms with Gasteiger partial charge in [0.25, 0.3) is 5.91 Å². The number of fused-ring (bicyclic) bond motifs is 1. The predicted molar refractivity (Wildman–Crippen MR) is 102 cm³/mol. The summed E-state index contributed by atoms with van der Waals surface area (Å²) in [5.41, 5.74) is 1.86. The first-order chi connectivity index (χ1) is 14.0. The number of nitrogens with zero attached hydrogens (tertiary/aromatic N) is 1. The van der Waals surface area contributed by atoms with Gasteiger partial charge in [0.1, 0.15) is 12.4 Å². The second-order valence-corrected chi connectivity index (χ2v) is 6.01. The number of amides is 1. The molecular weight excluding hydrogens is 379 g/mol. The van der Waals surface area contributed by atoms with Gasteiger partial charge in [-0.2, -0.15) is 0 Å². The van der Waals surface area contributed by atoms with Crippen LogP contribution in [0.15, 0.2) is 54.6 Å². The van der Waals surface area contributed by atoms with Gasteiger partial charge in [-0.05, 0) is 36.4 Å². The van der Waals surface area contributed by atoms with E-state index in [2.05, 4.69) is 15.0 Å². The number of ether oxygens (including phenoxy) is 2. The van der Waals surface area contributed by atoms with Gasteiger partial charge in [0.15, 0.2) is 6.61 Å². The van der Waals surface area contributed by atoms with Crippen LogP contribution >= 0.6 is 0 Å². The molecule has 1 N–H and O–H groups in total. The molecular formula is C21H17FN2O5. The van der Waals surface area contributed by atoms with Gasteiger partial charge in [0.2, 0.25) is 0 Å². The number of para-hydroxylation sites is 1. The van der Waals surface area contributed by atoms with Gasteiger partial charge in [-0.3, -0.25) is 9.59 Å². The summed E-state index contributed by atoms with van der Waals surface area (Å²) in [7, 11) is 1.20. The molecule has 1 amide bonds. The maximum Gasteiger partial charge on any atom is 0.339 e. The molecule has 0 fully saturated rings. The molecule has 29 heavy (non-hydrogen) atoms. The van der Waals surface area contributed by atoms with Crippen molar-refractivity contribution in [2.75, 3.05) is 20.3 Å². The molecule has 0 bridgehead atoms. The van der Waals surface area contributed by atoms with Crippen LogP contribution in [0.2, 0.25) is 0 Å². The Balaban J connectivity index is 1.83. The van der Waals surface area contributed by atoms with Crippen LogP contribution in [0, 0.1) is 5.82 Å². The Morgan fingerprint density at radius 2 is 1.79 bits per heavy atom. The summed E-state index contributed by atoms with van der Waals surface area (Å²) in [4.78, 5) is 39.9. The van der Waals surface area contributed by atoms with Crippen LogP contribution in [0.25, 0.3) is 22.2 Å². The lowest BCUT2D eigenvalue weighted by Crippen LogP contribution is -2.33. The monoisotopic (exact) mass is 396 g/mol. The molecule has 1 aromatic heterocycles. The zero-order valence-electron chi connectivity index (χ0n) is 15.5. The Bertz CT molecular complexity index is 1070. The van der Waals surface area contributed by atoms with E-state index in [1.54, 1.807) is 36.4 Å². The lowest BCUT2D eigenvalue weighted by molar-refractivity contribution is -0.141. The van der Waals surface area contributed by atoms with Gasteiger partial charge in [-0.15, -0.1) is 0 Å². The largest absolute Gasteiger partial charge is 0.468 e. The third-order valence-corrected chi connectivity index (χ3v) is 4.07. The van der Waals surface area contributed by atoms with Crippen molar-refractivity contribution in [3.05, 3.63) is 66.0 Å². The Labute approximate surface area is 165 Å². The number of hydrogen-bond acceptors (Lipinski definition) is 6. The average Bonchev–Trinajstić information content (AvgIpc) is 2.75. The highest BCUT2D eigenvalue weighted by Gasteiger charge is 2.17. The first-order valence-corrected chi connectivity index (χ1v) is 8.64. The van der Waals surface area contributed by atoms with Crippen LogP contribution in [-0.4, -0.2) is 43.1 Å². The van der Waals surface area contributed by atoms with Crippen molar-refractivity contribution in [1.29, 1.82) is 0 Å². The first-order valence-electron chi connectivity index (χ1n) is 8.64. The lowest BCUT2D eigenvalue weighted by atomic mass is 10.0. The van der Waals surface area contributed by atoms with E-state index in [0.717, 1.165) is 0 Å². The third-order valence-electron chi connectivity index (χ3n) is 4.07. The minimum absolute atomic E-state index is 0.218. The molecule has 0 aliphatic carbocycles. The number of carbonyl (C=O) groups excluding carboxylic acids is 3. The molecule has 2 aromatic carbocycles.